The highest BCUT2D eigenvalue weighted by Gasteiger charge is 2.54. The number of fused-ring (bicyclic) bond motifs is 1. The molecule has 1 heterocycles. The topological polar surface area (TPSA) is 57.6 Å². The van der Waals surface area contributed by atoms with Crippen LogP contribution in [0.3, 0.4) is 0 Å². The first kappa shape index (κ1) is 11.3. The lowest BCUT2D eigenvalue weighted by Gasteiger charge is -2.28. The number of carbonyl (C=O) groups is 2. The van der Waals surface area contributed by atoms with Crippen molar-refractivity contribution in [2.24, 2.45) is 5.92 Å². The van der Waals surface area contributed by atoms with Gasteiger partial charge in [-0.2, -0.15) is 0 Å². The van der Waals surface area contributed by atoms with Gasteiger partial charge in [0, 0.05) is 31.3 Å². The molecule has 1 N–H and O–H groups in total. The van der Waals surface area contributed by atoms with Crippen molar-refractivity contribution in [3.63, 3.8) is 0 Å². The molecule has 3 rings (SSSR count). The van der Waals surface area contributed by atoms with Crippen LogP contribution in [0.5, 0.6) is 0 Å². The first-order valence-electron chi connectivity index (χ1n) is 6.17. The minimum absolute atomic E-state index is 0.142. The van der Waals surface area contributed by atoms with Gasteiger partial charge < -0.3 is 10.0 Å². The van der Waals surface area contributed by atoms with E-state index in [4.69, 9.17) is 5.11 Å². The van der Waals surface area contributed by atoms with Crippen molar-refractivity contribution >= 4 is 11.9 Å². The molecule has 18 heavy (non-hydrogen) atoms. The van der Waals surface area contributed by atoms with Crippen LogP contribution in [-0.2, 0) is 10.2 Å². The van der Waals surface area contributed by atoms with Crippen LogP contribution in [-0.4, -0.2) is 35.0 Å². The molecule has 0 unspecified atom stereocenters. The Morgan fingerprint density at radius 1 is 1.33 bits per heavy atom. The SMILES string of the molecule is O=C1C[C@@H]2CN(C(=O)O)C[C@]2(c2ccccc2)C1. The maximum Gasteiger partial charge on any atom is 0.407 e. The van der Waals surface area contributed by atoms with E-state index in [-0.39, 0.29) is 17.1 Å². The number of nitrogens with zero attached hydrogens (tertiary/aromatic N) is 1. The number of Topliss-reactive ketones (excluding diaryl/α,β-unsaturated/α-hetero) is 1. The highest BCUT2D eigenvalue weighted by atomic mass is 16.4. The van der Waals surface area contributed by atoms with E-state index >= 15 is 0 Å². The highest BCUT2D eigenvalue weighted by Crippen LogP contribution is 2.48. The third-order valence-corrected chi connectivity index (χ3v) is 4.30. The van der Waals surface area contributed by atoms with Crippen molar-refractivity contribution in [3.05, 3.63) is 35.9 Å². The fourth-order valence-electron chi connectivity index (χ4n) is 3.48. The summed E-state index contributed by atoms with van der Waals surface area (Å²) in [7, 11) is 0. The average Bonchev–Trinajstić information content (AvgIpc) is 2.84. The smallest absolute Gasteiger partial charge is 0.407 e. The van der Waals surface area contributed by atoms with E-state index in [0.29, 0.717) is 25.9 Å². The summed E-state index contributed by atoms with van der Waals surface area (Å²) in [5.41, 5.74) is 0.820. The maximum atomic E-state index is 11.7. The van der Waals surface area contributed by atoms with Gasteiger partial charge in [-0.1, -0.05) is 30.3 Å². The molecule has 1 amide bonds. The van der Waals surface area contributed by atoms with Gasteiger partial charge in [-0.3, -0.25) is 4.79 Å². The number of carbonyl (C=O) groups excluding carboxylic acids is 1. The highest BCUT2D eigenvalue weighted by molar-refractivity contribution is 5.84. The van der Waals surface area contributed by atoms with E-state index in [2.05, 4.69) is 0 Å². The number of benzene rings is 1. The number of amides is 1. The first-order valence-corrected chi connectivity index (χ1v) is 6.17. The number of hydrogen-bond acceptors (Lipinski definition) is 2. The summed E-state index contributed by atoms with van der Waals surface area (Å²) in [4.78, 5) is 24.3. The predicted molar refractivity (Wildman–Crippen MR) is 65.4 cm³/mol. The summed E-state index contributed by atoms with van der Waals surface area (Å²) >= 11 is 0. The third kappa shape index (κ3) is 1.52. The zero-order valence-electron chi connectivity index (χ0n) is 10.0. The van der Waals surface area contributed by atoms with Gasteiger partial charge in [-0.15, -0.1) is 0 Å². The Bertz CT molecular complexity index is 499. The summed E-state index contributed by atoms with van der Waals surface area (Å²) < 4.78 is 0. The van der Waals surface area contributed by atoms with E-state index < -0.39 is 6.09 Å². The monoisotopic (exact) mass is 245 g/mol. The summed E-state index contributed by atoms with van der Waals surface area (Å²) in [5, 5.41) is 9.14. The summed E-state index contributed by atoms with van der Waals surface area (Å²) in [6.45, 7) is 0.929. The molecular formula is C14H15NO3. The number of ketones is 1. The molecule has 1 saturated heterocycles. The second-order valence-electron chi connectivity index (χ2n) is 5.30. The van der Waals surface area contributed by atoms with Crippen molar-refractivity contribution in [3.8, 4) is 0 Å². The lowest BCUT2D eigenvalue weighted by Crippen LogP contribution is -2.34. The van der Waals surface area contributed by atoms with Gasteiger partial charge in [0.05, 0.1) is 0 Å². The van der Waals surface area contributed by atoms with Crippen LogP contribution >= 0.6 is 0 Å². The van der Waals surface area contributed by atoms with Gasteiger partial charge in [0.2, 0.25) is 0 Å². The fraction of sp³-hybridized carbons (Fsp3) is 0.429. The van der Waals surface area contributed by atoms with Crippen LogP contribution in [0.1, 0.15) is 18.4 Å². The van der Waals surface area contributed by atoms with Gasteiger partial charge in [-0.05, 0) is 11.5 Å². The van der Waals surface area contributed by atoms with E-state index in [0.717, 1.165) is 5.56 Å². The summed E-state index contributed by atoms with van der Waals surface area (Å²) in [5.74, 6) is 0.400. The second-order valence-corrected chi connectivity index (χ2v) is 5.30. The molecule has 0 radical (unpaired) electrons. The normalized spacial score (nSPS) is 30.6. The van der Waals surface area contributed by atoms with Crippen molar-refractivity contribution in [2.75, 3.05) is 13.1 Å². The summed E-state index contributed by atoms with van der Waals surface area (Å²) in [6.07, 6.45) is 0.108. The van der Waals surface area contributed by atoms with Gasteiger partial charge in [0.1, 0.15) is 5.78 Å². The minimum Gasteiger partial charge on any atom is -0.465 e. The van der Waals surface area contributed by atoms with Crippen LogP contribution < -0.4 is 0 Å². The summed E-state index contributed by atoms with van der Waals surface area (Å²) in [6, 6.07) is 9.87. The van der Waals surface area contributed by atoms with Crippen LogP contribution in [0.2, 0.25) is 0 Å². The molecule has 1 saturated carbocycles. The predicted octanol–water partition coefficient (Wildman–Crippen LogP) is 1.90. The first-order chi connectivity index (χ1) is 8.62. The Balaban J connectivity index is 2.01. The molecule has 4 heteroatoms. The standard InChI is InChI=1S/C14H15NO3/c16-12-6-11-8-15(13(17)18)9-14(11,7-12)10-4-2-1-3-5-10/h1-5,11H,6-9H2,(H,17,18)/t11-,14+/m1/s1. The molecule has 1 aromatic carbocycles. The largest absolute Gasteiger partial charge is 0.465 e. The fourth-order valence-corrected chi connectivity index (χ4v) is 3.48. The van der Waals surface area contributed by atoms with E-state index in [1.54, 1.807) is 0 Å². The zero-order chi connectivity index (χ0) is 12.8. The average molecular weight is 245 g/mol. The Morgan fingerprint density at radius 3 is 2.72 bits per heavy atom. The Morgan fingerprint density at radius 2 is 2.06 bits per heavy atom. The minimum atomic E-state index is -0.882. The number of rotatable bonds is 1. The third-order valence-electron chi connectivity index (χ3n) is 4.30. The lowest BCUT2D eigenvalue weighted by molar-refractivity contribution is -0.118. The zero-order valence-corrected chi connectivity index (χ0v) is 10.0. The molecule has 0 aromatic heterocycles. The lowest BCUT2D eigenvalue weighted by atomic mass is 9.75. The molecule has 2 aliphatic rings. The quantitative estimate of drug-likeness (QED) is 0.822. The van der Waals surface area contributed by atoms with Gasteiger partial charge in [0.25, 0.3) is 0 Å². The van der Waals surface area contributed by atoms with Crippen molar-refractivity contribution in [1.82, 2.24) is 4.90 Å². The van der Waals surface area contributed by atoms with Crippen molar-refractivity contribution < 1.29 is 14.7 Å². The Kier molecular flexibility index (Phi) is 2.40. The molecule has 2 fully saturated rings. The molecule has 4 nitrogen and oxygen atoms in total. The second kappa shape index (κ2) is 3.83. The molecule has 94 valence electrons. The van der Waals surface area contributed by atoms with Crippen molar-refractivity contribution in [1.29, 1.82) is 0 Å². The van der Waals surface area contributed by atoms with Gasteiger partial charge >= 0.3 is 6.09 Å². The molecule has 2 atom stereocenters. The Hall–Kier alpha value is -1.84. The molecule has 1 aliphatic heterocycles. The Labute approximate surface area is 105 Å². The molecule has 1 aliphatic carbocycles. The van der Waals surface area contributed by atoms with Crippen LogP contribution in [0.4, 0.5) is 4.79 Å². The van der Waals surface area contributed by atoms with E-state index in [1.807, 2.05) is 30.3 Å². The molecular weight excluding hydrogens is 230 g/mol. The number of hydrogen-bond donors (Lipinski definition) is 1. The van der Waals surface area contributed by atoms with Crippen LogP contribution in [0.15, 0.2) is 30.3 Å². The van der Waals surface area contributed by atoms with E-state index in [1.165, 1.54) is 4.90 Å². The van der Waals surface area contributed by atoms with E-state index in [9.17, 15) is 9.59 Å². The number of carboxylic acid groups (broad SMARTS) is 1. The maximum absolute atomic E-state index is 11.7. The van der Waals surface area contributed by atoms with Crippen LogP contribution in [0.25, 0.3) is 0 Å². The molecule has 0 bridgehead atoms. The van der Waals surface area contributed by atoms with Crippen molar-refractivity contribution in [2.45, 2.75) is 18.3 Å². The van der Waals surface area contributed by atoms with Crippen LogP contribution in [0, 0.1) is 5.92 Å². The molecule has 0 spiro atoms. The van der Waals surface area contributed by atoms with Gasteiger partial charge in [0.15, 0.2) is 0 Å². The molecule has 1 aromatic rings. The van der Waals surface area contributed by atoms with Gasteiger partial charge in [-0.25, -0.2) is 4.79 Å². The number of likely N-dealkylation sites (tertiary alicyclic amines) is 1.